The van der Waals surface area contributed by atoms with Gasteiger partial charge in [-0.15, -0.1) is 0 Å². The van der Waals surface area contributed by atoms with E-state index in [0.717, 1.165) is 24.2 Å². The van der Waals surface area contributed by atoms with Crippen molar-refractivity contribution < 1.29 is 4.79 Å². The molecular formula is C14H13N3O. The molecule has 3 rings (SSSR count). The first-order valence-electron chi connectivity index (χ1n) is 5.97. The number of allylic oxidation sites excluding steroid dienone is 2. The first-order chi connectivity index (χ1) is 8.74. The fourth-order valence-electron chi connectivity index (χ4n) is 2.21. The quantitative estimate of drug-likeness (QED) is 0.803. The summed E-state index contributed by atoms with van der Waals surface area (Å²) in [5.74, 6) is -0.165. The second kappa shape index (κ2) is 4.22. The largest absolute Gasteiger partial charge is 0.366 e. The van der Waals surface area contributed by atoms with Gasteiger partial charge in [0.15, 0.2) is 0 Å². The third-order valence-electron chi connectivity index (χ3n) is 3.22. The summed E-state index contributed by atoms with van der Waals surface area (Å²) in [5, 5.41) is 0. The first kappa shape index (κ1) is 10.9. The molecule has 4 nitrogen and oxygen atoms in total. The number of hydrogen-bond acceptors (Lipinski definition) is 3. The molecule has 0 radical (unpaired) electrons. The summed E-state index contributed by atoms with van der Waals surface area (Å²) in [4.78, 5) is 20.2. The Morgan fingerprint density at radius 2 is 2.22 bits per heavy atom. The van der Waals surface area contributed by atoms with Crippen molar-refractivity contribution >= 4 is 29.2 Å². The summed E-state index contributed by atoms with van der Waals surface area (Å²) in [7, 11) is 0. The van der Waals surface area contributed by atoms with E-state index < -0.39 is 5.91 Å². The van der Waals surface area contributed by atoms with E-state index in [1.807, 2.05) is 6.21 Å². The van der Waals surface area contributed by atoms with Crippen molar-refractivity contribution in [2.45, 2.75) is 12.8 Å². The fourth-order valence-corrected chi connectivity index (χ4v) is 2.21. The van der Waals surface area contributed by atoms with Gasteiger partial charge in [-0.25, -0.2) is 0 Å². The molecule has 0 fully saturated rings. The number of rotatable bonds is 1. The van der Waals surface area contributed by atoms with Crippen LogP contribution in [-0.4, -0.2) is 17.8 Å². The number of benzene rings is 1. The van der Waals surface area contributed by atoms with E-state index in [9.17, 15) is 4.79 Å². The van der Waals surface area contributed by atoms with Crippen LogP contribution in [-0.2, 0) is 0 Å². The molecule has 1 aliphatic carbocycles. The second-order valence-corrected chi connectivity index (χ2v) is 4.47. The van der Waals surface area contributed by atoms with Gasteiger partial charge in [0.05, 0.1) is 11.4 Å². The highest BCUT2D eigenvalue weighted by Crippen LogP contribution is 2.33. The third-order valence-corrected chi connectivity index (χ3v) is 3.22. The molecule has 2 aliphatic rings. The first-order valence-corrected chi connectivity index (χ1v) is 5.97. The van der Waals surface area contributed by atoms with Gasteiger partial charge in [-0.05, 0) is 37.1 Å². The van der Waals surface area contributed by atoms with Gasteiger partial charge < -0.3 is 5.73 Å². The van der Waals surface area contributed by atoms with Gasteiger partial charge in [0, 0.05) is 23.4 Å². The summed E-state index contributed by atoms with van der Waals surface area (Å²) >= 11 is 0. The zero-order chi connectivity index (χ0) is 12.5. The van der Waals surface area contributed by atoms with E-state index in [4.69, 9.17) is 5.73 Å². The zero-order valence-corrected chi connectivity index (χ0v) is 9.84. The number of aliphatic imine (C=N–C) groups is 2. The van der Waals surface area contributed by atoms with Crippen LogP contribution in [0.1, 0.15) is 23.2 Å². The van der Waals surface area contributed by atoms with Crippen LogP contribution in [0.2, 0.25) is 0 Å². The number of carbonyl (C=O) groups is 1. The molecule has 1 unspecified atom stereocenters. The minimum absolute atomic E-state index is 0.277. The molecule has 90 valence electrons. The molecule has 1 aromatic rings. The highest BCUT2D eigenvalue weighted by molar-refractivity contribution is 6.09. The Bertz CT molecular complexity index is 599. The van der Waals surface area contributed by atoms with E-state index >= 15 is 0 Å². The Hall–Kier alpha value is -2.23. The van der Waals surface area contributed by atoms with Crippen LogP contribution < -0.4 is 5.73 Å². The Labute approximate surface area is 105 Å². The minimum atomic E-state index is -0.442. The average Bonchev–Trinajstić information content (AvgIpc) is 2.56. The smallest absolute Gasteiger partial charge is 0.248 e. The summed E-state index contributed by atoms with van der Waals surface area (Å²) in [6.45, 7) is 0. The van der Waals surface area contributed by atoms with Crippen LogP contribution in [0.4, 0.5) is 11.4 Å². The van der Waals surface area contributed by atoms with E-state index in [0.29, 0.717) is 11.3 Å². The number of hydrogen-bond donors (Lipinski definition) is 1. The molecule has 1 aliphatic heterocycles. The standard InChI is InChI=1S/C14H13N3O/c15-14(18)9-5-6-12-13(7-9)16-8-10-3-1-2-4-11(10)17-12/h2,4-8,10H,1,3H2,(H2,15,18). The summed E-state index contributed by atoms with van der Waals surface area (Å²) < 4.78 is 0. The lowest BCUT2D eigenvalue weighted by atomic mass is 9.93. The summed E-state index contributed by atoms with van der Waals surface area (Å²) in [5.41, 5.74) is 8.27. The average molecular weight is 239 g/mol. The van der Waals surface area contributed by atoms with Crippen molar-refractivity contribution in [3.8, 4) is 0 Å². The Kier molecular flexibility index (Phi) is 2.55. The van der Waals surface area contributed by atoms with Crippen LogP contribution in [0, 0.1) is 5.92 Å². The zero-order valence-electron chi connectivity index (χ0n) is 9.84. The van der Waals surface area contributed by atoms with Crippen LogP contribution >= 0.6 is 0 Å². The van der Waals surface area contributed by atoms with Crippen molar-refractivity contribution in [1.29, 1.82) is 0 Å². The molecule has 18 heavy (non-hydrogen) atoms. The Morgan fingerprint density at radius 3 is 3.06 bits per heavy atom. The maximum absolute atomic E-state index is 11.1. The van der Waals surface area contributed by atoms with Gasteiger partial charge in [0.2, 0.25) is 5.91 Å². The van der Waals surface area contributed by atoms with Crippen molar-refractivity contribution in [1.82, 2.24) is 0 Å². The van der Waals surface area contributed by atoms with Crippen LogP contribution in [0.25, 0.3) is 0 Å². The minimum Gasteiger partial charge on any atom is -0.366 e. The van der Waals surface area contributed by atoms with Crippen molar-refractivity contribution in [3.63, 3.8) is 0 Å². The van der Waals surface area contributed by atoms with Gasteiger partial charge >= 0.3 is 0 Å². The van der Waals surface area contributed by atoms with Gasteiger partial charge in [-0.3, -0.25) is 14.8 Å². The summed E-state index contributed by atoms with van der Waals surface area (Å²) in [6, 6.07) is 5.18. The molecular weight excluding hydrogens is 226 g/mol. The number of amides is 1. The van der Waals surface area contributed by atoms with E-state index in [2.05, 4.69) is 22.1 Å². The van der Waals surface area contributed by atoms with E-state index in [1.165, 1.54) is 0 Å². The molecule has 4 heteroatoms. The normalized spacial score (nSPS) is 20.7. The van der Waals surface area contributed by atoms with Crippen LogP contribution in [0.15, 0.2) is 40.3 Å². The molecule has 0 saturated carbocycles. The predicted octanol–water partition coefficient (Wildman–Crippen LogP) is 2.54. The van der Waals surface area contributed by atoms with Crippen molar-refractivity contribution in [2.24, 2.45) is 21.6 Å². The van der Waals surface area contributed by atoms with Crippen LogP contribution in [0.5, 0.6) is 0 Å². The van der Waals surface area contributed by atoms with Gasteiger partial charge in [-0.1, -0.05) is 6.08 Å². The Morgan fingerprint density at radius 1 is 1.33 bits per heavy atom. The molecule has 0 saturated heterocycles. The summed E-state index contributed by atoms with van der Waals surface area (Å²) in [6.07, 6.45) is 8.19. The molecule has 0 spiro atoms. The highest BCUT2D eigenvalue weighted by Gasteiger charge is 2.18. The number of nitrogens with two attached hydrogens (primary N) is 1. The predicted molar refractivity (Wildman–Crippen MR) is 72.1 cm³/mol. The van der Waals surface area contributed by atoms with E-state index in [-0.39, 0.29) is 5.92 Å². The lowest BCUT2D eigenvalue weighted by Crippen LogP contribution is -2.15. The topological polar surface area (TPSA) is 67.8 Å². The number of carbonyl (C=O) groups excluding carboxylic acids is 1. The third kappa shape index (κ3) is 1.86. The van der Waals surface area contributed by atoms with Crippen LogP contribution in [0.3, 0.4) is 0 Å². The number of nitrogens with zero attached hydrogens (tertiary/aromatic N) is 2. The molecule has 2 N–H and O–H groups in total. The Balaban J connectivity index is 2.10. The van der Waals surface area contributed by atoms with E-state index in [1.54, 1.807) is 18.2 Å². The lowest BCUT2D eigenvalue weighted by Gasteiger charge is -2.13. The van der Waals surface area contributed by atoms with Gasteiger partial charge in [-0.2, -0.15) is 0 Å². The molecule has 1 amide bonds. The number of fused-ring (bicyclic) bond motifs is 2. The highest BCUT2D eigenvalue weighted by atomic mass is 16.1. The molecule has 1 heterocycles. The monoisotopic (exact) mass is 239 g/mol. The molecule has 1 atom stereocenters. The molecule has 1 aromatic carbocycles. The maximum atomic E-state index is 11.1. The van der Waals surface area contributed by atoms with Gasteiger partial charge in [0.25, 0.3) is 0 Å². The maximum Gasteiger partial charge on any atom is 0.248 e. The second-order valence-electron chi connectivity index (χ2n) is 4.47. The number of primary amides is 1. The van der Waals surface area contributed by atoms with Crippen molar-refractivity contribution in [2.75, 3.05) is 0 Å². The van der Waals surface area contributed by atoms with Crippen molar-refractivity contribution in [3.05, 3.63) is 35.9 Å². The lowest BCUT2D eigenvalue weighted by molar-refractivity contribution is 0.100. The molecule has 0 aromatic heterocycles. The van der Waals surface area contributed by atoms with Gasteiger partial charge in [0.1, 0.15) is 0 Å². The SMILES string of the molecule is NC(=O)c1ccc2c(c1)N=CC1CCC=CC1=N2. The fraction of sp³-hybridized carbons (Fsp3) is 0.214. The molecule has 0 bridgehead atoms.